The topological polar surface area (TPSA) is 49.8 Å². The molecule has 108 valence electrons. The number of amidine groups is 1. The average molecular weight is 300 g/mol. The van der Waals surface area contributed by atoms with Crippen molar-refractivity contribution in [2.45, 2.75) is 18.6 Å². The van der Waals surface area contributed by atoms with Crippen molar-refractivity contribution in [2.24, 2.45) is 11.1 Å². The molecule has 6 rings (SSSR count). The summed E-state index contributed by atoms with van der Waals surface area (Å²) in [6.45, 7) is 3.31. The molecule has 2 bridgehead atoms. The largest absolute Gasteiger partial charge is 0.364 e. The quantitative estimate of drug-likeness (QED) is 0.875. The number of nitrogens with one attached hydrogen (secondary N) is 1. The molecule has 0 amide bonds. The number of oxime groups is 1. The summed E-state index contributed by atoms with van der Waals surface area (Å²) in [5.41, 5.74) is 1.75. The maximum absolute atomic E-state index is 5.89. The van der Waals surface area contributed by atoms with Crippen LogP contribution in [0.25, 0.3) is 10.2 Å². The van der Waals surface area contributed by atoms with Gasteiger partial charge < -0.3 is 10.2 Å². The van der Waals surface area contributed by atoms with Gasteiger partial charge in [0.15, 0.2) is 5.84 Å². The molecule has 1 spiro atoms. The van der Waals surface area contributed by atoms with Crippen LogP contribution in [0.5, 0.6) is 0 Å². The van der Waals surface area contributed by atoms with Crippen LogP contribution < -0.4 is 5.32 Å². The Hall–Kier alpha value is -1.66. The van der Waals surface area contributed by atoms with E-state index in [0.717, 1.165) is 23.5 Å². The highest BCUT2D eigenvalue weighted by Crippen LogP contribution is 2.39. The third-order valence-electron chi connectivity index (χ3n) is 4.91. The highest BCUT2D eigenvalue weighted by Gasteiger charge is 2.52. The first-order valence-electron chi connectivity index (χ1n) is 7.43. The number of hydrogen-bond acceptors (Lipinski definition) is 6. The van der Waals surface area contributed by atoms with Crippen LogP contribution in [0.4, 0.5) is 0 Å². The number of fused-ring (bicyclic) bond motifs is 3. The number of piperidine rings is 3. The zero-order valence-corrected chi connectivity index (χ0v) is 12.4. The minimum absolute atomic E-state index is 0.309. The van der Waals surface area contributed by atoms with Crippen molar-refractivity contribution in [1.29, 1.82) is 0 Å². The summed E-state index contributed by atoms with van der Waals surface area (Å²) in [4.78, 5) is 12.8. The molecule has 5 nitrogen and oxygen atoms in total. The Balaban J connectivity index is 1.46. The lowest BCUT2D eigenvalue weighted by Gasteiger charge is -2.49. The number of rotatable bonds is 1. The van der Waals surface area contributed by atoms with Crippen molar-refractivity contribution in [3.8, 4) is 0 Å². The summed E-state index contributed by atoms with van der Waals surface area (Å²) in [6.07, 6.45) is 4.26. The van der Waals surface area contributed by atoms with Gasteiger partial charge in [-0.05, 0) is 43.4 Å². The minimum atomic E-state index is -0.309. The predicted octanol–water partition coefficient (Wildman–Crippen LogP) is 2.00. The van der Waals surface area contributed by atoms with Crippen molar-refractivity contribution in [3.05, 3.63) is 29.3 Å². The number of nitrogens with zero attached hydrogens (tertiary/aromatic N) is 3. The number of thiophene rings is 1. The standard InChI is InChI=1S/C15H16N4OS/c1-4-19-5-2-11(1)15(9-19)17-14(18-20-15)10-7-13-12(16-8-10)3-6-21-13/h3,6-8,11H,1-2,4-5,9H2,(H,17,18)/t15-/m0/s1. The van der Waals surface area contributed by atoms with Crippen molar-refractivity contribution < 1.29 is 4.84 Å². The van der Waals surface area contributed by atoms with E-state index in [1.165, 1.54) is 30.6 Å². The van der Waals surface area contributed by atoms with Crippen LogP contribution in [0.1, 0.15) is 18.4 Å². The van der Waals surface area contributed by atoms with E-state index in [1.807, 2.05) is 12.3 Å². The Kier molecular flexibility index (Phi) is 2.37. The first-order valence-corrected chi connectivity index (χ1v) is 8.31. The van der Waals surface area contributed by atoms with E-state index in [0.29, 0.717) is 5.92 Å². The molecule has 3 saturated heterocycles. The average Bonchev–Trinajstić information content (AvgIpc) is 3.15. The van der Waals surface area contributed by atoms with Gasteiger partial charge in [-0.3, -0.25) is 9.88 Å². The van der Waals surface area contributed by atoms with Crippen LogP contribution in [-0.2, 0) is 4.84 Å². The molecule has 6 heteroatoms. The maximum atomic E-state index is 5.89. The Morgan fingerprint density at radius 3 is 3.10 bits per heavy atom. The van der Waals surface area contributed by atoms with Crippen LogP contribution in [0.3, 0.4) is 0 Å². The molecular weight excluding hydrogens is 284 g/mol. The lowest BCUT2D eigenvalue weighted by atomic mass is 9.81. The summed E-state index contributed by atoms with van der Waals surface area (Å²) in [7, 11) is 0. The van der Waals surface area contributed by atoms with Gasteiger partial charge >= 0.3 is 0 Å². The highest BCUT2D eigenvalue weighted by molar-refractivity contribution is 7.17. The SMILES string of the molecule is c1cc2ncc(C3=NO[C@]4(CN5CCC4CC5)N3)cc2s1. The van der Waals surface area contributed by atoms with E-state index in [4.69, 9.17) is 4.84 Å². The van der Waals surface area contributed by atoms with Gasteiger partial charge in [0.05, 0.1) is 16.8 Å². The third kappa shape index (κ3) is 1.72. The molecule has 2 aromatic rings. The molecule has 0 aliphatic carbocycles. The van der Waals surface area contributed by atoms with Gasteiger partial charge in [-0.2, -0.15) is 0 Å². The van der Waals surface area contributed by atoms with Gasteiger partial charge in [0.2, 0.25) is 5.72 Å². The molecular formula is C15H16N4OS. The van der Waals surface area contributed by atoms with Crippen molar-refractivity contribution in [2.75, 3.05) is 19.6 Å². The zero-order chi connectivity index (χ0) is 13.9. The molecule has 0 radical (unpaired) electrons. The van der Waals surface area contributed by atoms with E-state index < -0.39 is 0 Å². The molecule has 1 N–H and O–H groups in total. The minimum Gasteiger partial charge on any atom is -0.364 e. The zero-order valence-electron chi connectivity index (χ0n) is 11.6. The number of hydrogen-bond donors (Lipinski definition) is 1. The summed E-state index contributed by atoms with van der Waals surface area (Å²) in [6, 6.07) is 4.18. The van der Waals surface area contributed by atoms with Crippen molar-refractivity contribution in [1.82, 2.24) is 15.2 Å². The predicted molar refractivity (Wildman–Crippen MR) is 82.3 cm³/mol. The highest BCUT2D eigenvalue weighted by atomic mass is 32.1. The Labute approximate surface area is 126 Å². The fraction of sp³-hybridized carbons (Fsp3) is 0.467. The summed E-state index contributed by atoms with van der Waals surface area (Å²) >= 11 is 1.71. The van der Waals surface area contributed by atoms with Crippen LogP contribution in [0.2, 0.25) is 0 Å². The molecule has 0 aromatic carbocycles. The van der Waals surface area contributed by atoms with E-state index in [2.05, 4.69) is 31.8 Å². The maximum Gasteiger partial charge on any atom is 0.224 e. The van der Waals surface area contributed by atoms with Gasteiger partial charge in [0, 0.05) is 17.7 Å². The molecule has 4 aliphatic rings. The fourth-order valence-corrected chi connectivity index (χ4v) is 4.52. The second-order valence-corrected chi connectivity index (χ2v) is 7.07. The summed E-state index contributed by atoms with van der Waals surface area (Å²) in [5, 5.41) is 9.96. The number of aromatic nitrogens is 1. The summed E-state index contributed by atoms with van der Waals surface area (Å²) in [5.74, 6) is 1.38. The molecule has 1 atom stereocenters. The van der Waals surface area contributed by atoms with E-state index in [-0.39, 0.29) is 5.72 Å². The van der Waals surface area contributed by atoms with Crippen LogP contribution in [0.15, 0.2) is 28.9 Å². The monoisotopic (exact) mass is 300 g/mol. The van der Waals surface area contributed by atoms with Crippen LogP contribution in [0, 0.1) is 5.92 Å². The van der Waals surface area contributed by atoms with Crippen LogP contribution >= 0.6 is 11.3 Å². The van der Waals surface area contributed by atoms with Crippen molar-refractivity contribution in [3.63, 3.8) is 0 Å². The first kappa shape index (κ1) is 11.9. The fourth-order valence-electron chi connectivity index (χ4n) is 3.74. The molecule has 0 saturated carbocycles. The van der Waals surface area contributed by atoms with Gasteiger partial charge in [-0.25, -0.2) is 0 Å². The molecule has 6 heterocycles. The van der Waals surface area contributed by atoms with Gasteiger partial charge in [-0.15, -0.1) is 11.3 Å². The molecule has 21 heavy (non-hydrogen) atoms. The van der Waals surface area contributed by atoms with Gasteiger partial charge in [0.1, 0.15) is 0 Å². The van der Waals surface area contributed by atoms with E-state index in [9.17, 15) is 0 Å². The van der Waals surface area contributed by atoms with Crippen LogP contribution in [-0.4, -0.2) is 41.1 Å². The molecule has 4 aliphatic heterocycles. The third-order valence-corrected chi connectivity index (χ3v) is 5.76. The smallest absolute Gasteiger partial charge is 0.224 e. The second-order valence-electron chi connectivity index (χ2n) is 6.12. The number of pyridine rings is 1. The Bertz CT molecular complexity index is 734. The van der Waals surface area contributed by atoms with E-state index in [1.54, 1.807) is 11.3 Å². The molecule has 3 fully saturated rings. The lowest BCUT2D eigenvalue weighted by Crippen LogP contribution is -2.65. The first-order chi connectivity index (χ1) is 10.3. The van der Waals surface area contributed by atoms with Crippen molar-refractivity contribution >= 4 is 27.4 Å². The molecule has 0 unspecified atom stereocenters. The van der Waals surface area contributed by atoms with Gasteiger partial charge in [-0.1, -0.05) is 5.16 Å². The summed E-state index contributed by atoms with van der Waals surface area (Å²) < 4.78 is 1.19. The lowest BCUT2D eigenvalue weighted by molar-refractivity contribution is -0.148. The molecule has 2 aromatic heterocycles. The Morgan fingerprint density at radius 1 is 1.38 bits per heavy atom. The Morgan fingerprint density at radius 2 is 2.29 bits per heavy atom. The van der Waals surface area contributed by atoms with Gasteiger partial charge in [0.25, 0.3) is 0 Å². The normalized spacial score (nSPS) is 34.0. The second kappa shape index (κ2) is 4.18. The van der Waals surface area contributed by atoms with E-state index >= 15 is 0 Å².